The summed E-state index contributed by atoms with van der Waals surface area (Å²) >= 11 is 0. The van der Waals surface area contributed by atoms with Crippen molar-refractivity contribution >= 4 is 16.2 Å². The molecule has 0 saturated heterocycles. The lowest BCUT2D eigenvalue weighted by molar-refractivity contribution is 0.195. The van der Waals surface area contributed by atoms with Gasteiger partial charge in [-0.05, 0) is 0 Å². The van der Waals surface area contributed by atoms with Crippen molar-refractivity contribution in [2.24, 2.45) is 11.0 Å². The first kappa shape index (κ1) is 10.1. The number of hydrazine groups is 1. The van der Waals surface area contributed by atoms with Crippen LogP contribution in [-0.4, -0.2) is 37.9 Å². The fraction of sp³-hybridized carbons (Fsp3) is 0.667. The predicted octanol–water partition coefficient (Wildman–Crippen LogP) is -1.95. The van der Waals surface area contributed by atoms with Crippen LogP contribution in [0, 0.1) is 0 Å². The van der Waals surface area contributed by atoms with E-state index in [0.717, 1.165) is 7.05 Å². The van der Waals surface area contributed by atoms with Gasteiger partial charge in [-0.25, -0.2) is 20.1 Å². The highest BCUT2D eigenvalue weighted by Gasteiger charge is 2.20. The summed E-state index contributed by atoms with van der Waals surface area (Å²) in [5.41, 5.74) is 0. The van der Waals surface area contributed by atoms with Gasteiger partial charge in [0.1, 0.15) is 0 Å². The predicted molar refractivity (Wildman–Crippen MR) is 38.2 cm³/mol. The first-order valence-corrected chi connectivity index (χ1v) is 4.06. The van der Waals surface area contributed by atoms with Gasteiger partial charge < -0.3 is 0 Å². The number of amides is 2. The molecule has 0 aliphatic heterocycles. The van der Waals surface area contributed by atoms with E-state index in [-0.39, 0.29) is 0 Å². The van der Waals surface area contributed by atoms with Crippen molar-refractivity contribution < 1.29 is 13.2 Å². The van der Waals surface area contributed by atoms with Gasteiger partial charge in [-0.2, -0.15) is 8.42 Å². The van der Waals surface area contributed by atoms with Crippen molar-refractivity contribution in [1.82, 2.24) is 9.31 Å². The van der Waals surface area contributed by atoms with Gasteiger partial charge in [0, 0.05) is 14.1 Å². The smallest absolute Gasteiger partial charge is 0.265 e. The molecule has 0 bridgehead atoms. The molecule has 0 aromatic carbocycles. The Bertz CT molecular complexity index is 245. The molecular formula is C3H10N4O3S. The van der Waals surface area contributed by atoms with Gasteiger partial charge in [0.15, 0.2) is 0 Å². The molecule has 0 saturated carbocycles. The molecule has 0 atom stereocenters. The Morgan fingerprint density at radius 2 is 1.73 bits per heavy atom. The van der Waals surface area contributed by atoms with Gasteiger partial charge in [-0.15, -0.1) is 0 Å². The van der Waals surface area contributed by atoms with Crippen LogP contribution in [0.15, 0.2) is 0 Å². The Labute approximate surface area is 64.7 Å². The van der Waals surface area contributed by atoms with Crippen LogP contribution in [0.5, 0.6) is 0 Å². The van der Waals surface area contributed by atoms with Gasteiger partial charge in [-0.1, -0.05) is 0 Å². The summed E-state index contributed by atoms with van der Waals surface area (Å²) < 4.78 is 21.3. The Morgan fingerprint density at radius 1 is 1.36 bits per heavy atom. The second-order valence-electron chi connectivity index (χ2n) is 1.91. The quantitative estimate of drug-likeness (QED) is 0.279. The average molecular weight is 182 g/mol. The first-order chi connectivity index (χ1) is 4.76. The third-order valence-electron chi connectivity index (χ3n) is 0.953. The Morgan fingerprint density at radius 3 is 1.82 bits per heavy atom. The van der Waals surface area contributed by atoms with E-state index < -0.39 is 16.2 Å². The van der Waals surface area contributed by atoms with Crippen molar-refractivity contribution in [2.45, 2.75) is 0 Å². The molecule has 0 rings (SSSR count). The third kappa shape index (κ3) is 2.70. The molecule has 0 radical (unpaired) electrons. The largest absolute Gasteiger partial charge is 0.348 e. The van der Waals surface area contributed by atoms with Crippen LogP contribution >= 0.6 is 0 Å². The highest BCUT2D eigenvalue weighted by molar-refractivity contribution is 7.87. The number of hydrogen-bond donors (Lipinski definition) is 2. The van der Waals surface area contributed by atoms with Crippen LogP contribution in [0.4, 0.5) is 4.79 Å². The minimum absolute atomic E-state index is 0.340. The maximum absolute atomic E-state index is 10.8. The van der Waals surface area contributed by atoms with Gasteiger partial charge in [0.05, 0.1) is 0 Å². The fourth-order valence-electron chi connectivity index (χ4n) is 0.331. The molecule has 2 amide bonds. The second-order valence-corrected chi connectivity index (χ2v) is 3.48. The summed E-state index contributed by atoms with van der Waals surface area (Å²) in [5, 5.41) is 5.23. The van der Waals surface area contributed by atoms with E-state index in [1.807, 2.05) is 0 Å². The number of nitrogens with two attached hydrogens (primary N) is 2. The molecule has 0 unspecified atom stereocenters. The standard InChI is InChI=1S/C3H10N4O3S/c1-6(4)3(8)7(2)11(5,9)10/h4H2,1-2H3,(H2,5,9,10). The summed E-state index contributed by atoms with van der Waals surface area (Å²) in [7, 11) is -1.76. The van der Waals surface area contributed by atoms with Crippen molar-refractivity contribution in [3.63, 3.8) is 0 Å². The summed E-state index contributed by atoms with van der Waals surface area (Å²) in [6.07, 6.45) is 0. The van der Waals surface area contributed by atoms with Crippen LogP contribution in [-0.2, 0) is 10.2 Å². The average Bonchev–Trinajstić information content (AvgIpc) is 1.82. The summed E-state index contributed by atoms with van der Waals surface area (Å²) in [6.45, 7) is 0. The SMILES string of the molecule is CN(N)C(=O)N(C)S(N)(=O)=O. The van der Waals surface area contributed by atoms with Gasteiger partial charge in [0.25, 0.3) is 0 Å². The van der Waals surface area contributed by atoms with E-state index in [1.54, 1.807) is 0 Å². The number of carbonyl (C=O) groups excluding carboxylic acids is 1. The number of urea groups is 1. The summed E-state index contributed by atoms with van der Waals surface area (Å²) in [4.78, 5) is 10.8. The Hall–Kier alpha value is -0.860. The molecule has 66 valence electrons. The molecule has 11 heavy (non-hydrogen) atoms. The molecule has 7 nitrogen and oxygen atoms in total. The molecule has 0 aromatic rings. The van der Waals surface area contributed by atoms with E-state index in [2.05, 4.69) is 5.14 Å². The molecule has 0 spiro atoms. The molecule has 0 fully saturated rings. The van der Waals surface area contributed by atoms with Crippen molar-refractivity contribution in [1.29, 1.82) is 0 Å². The minimum atomic E-state index is -3.98. The van der Waals surface area contributed by atoms with Gasteiger partial charge in [0.2, 0.25) is 0 Å². The maximum atomic E-state index is 10.8. The van der Waals surface area contributed by atoms with Crippen LogP contribution in [0.25, 0.3) is 0 Å². The number of rotatable bonds is 1. The monoisotopic (exact) mass is 182 g/mol. The number of carbonyl (C=O) groups is 1. The highest BCUT2D eigenvalue weighted by atomic mass is 32.2. The van der Waals surface area contributed by atoms with Crippen molar-refractivity contribution in [3.8, 4) is 0 Å². The van der Waals surface area contributed by atoms with Gasteiger partial charge >= 0.3 is 16.2 Å². The Kier molecular flexibility index (Phi) is 2.79. The lowest BCUT2D eigenvalue weighted by Crippen LogP contribution is -2.47. The van der Waals surface area contributed by atoms with E-state index in [1.165, 1.54) is 7.05 Å². The minimum Gasteiger partial charge on any atom is -0.265 e. The van der Waals surface area contributed by atoms with Crippen molar-refractivity contribution in [2.75, 3.05) is 14.1 Å². The van der Waals surface area contributed by atoms with Crippen LogP contribution in [0.3, 0.4) is 0 Å². The van der Waals surface area contributed by atoms with Crippen LogP contribution in [0.1, 0.15) is 0 Å². The molecule has 0 aliphatic rings. The van der Waals surface area contributed by atoms with Crippen molar-refractivity contribution in [3.05, 3.63) is 0 Å². The zero-order valence-corrected chi connectivity index (χ0v) is 7.00. The molecule has 0 aromatic heterocycles. The number of nitrogens with zero attached hydrogens (tertiary/aromatic N) is 2. The second kappa shape index (κ2) is 3.03. The summed E-state index contributed by atoms with van der Waals surface area (Å²) in [5.74, 6) is 4.96. The maximum Gasteiger partial charge on any atom is 0.348 e. The van der Waals surface area contributed by atoms with Crippen LogP contribution in [0.2, 0.25) is 0 Å². The van der Waals surface area contributed by atoms with Gasteiger partial charge in [-0.3, -0.25) is 5.01 Å². The topological polar surface area (TPSA) is 110 Å². The lowest BCUT2D eigenvalue weighted by Gasteiger charge is -2.18. The Balaban J connectivity index is 4.53. The first-order valence-electron chi connectivity index (χ1n) is 2.56. The number of hydrogen-bond acceptors (Lipinski definition) is 4. The van der Waals surface area contributed by atoms with E-state index in [4.69, 9.17) is 5.84 Å². The lowest BCUT2D eigenvalue weighted by atomic mass is 10.9. The van der Waals surface area contributed by atoms with Crippen LogP contribution < -0.4 is 11.0 Å². The zero-order valence-electron chi connectivity index (χ0n) is 6.18. The van der Waals surface area contributed by atoms with E-state index in [9.17, 15) is 13.2 Å². The molecule has 8 heteroatoms. The fourth-order valence-corrected chi connectivity index (χ4v) is 0.677. The molecule has 0 aliphatic carbocycles. The highest BCUT2D eigenvalue weighted by Crippen LogP contribution is 1.92. The molecule has 4 N–H and O–H groups in total. The van der Waals surface area contributed by atoms with E-state index in [0.29, 0.717) is 9.31 Å². The molecular weight excluding hydrogens is 172 g/mol. The molecule has 0 heterocycles. The normalized spacial score (nSPS) is 10.9. The summed E-state index contributed by atoms with van der Waals surface area (Å²) in [6, 6.07) is -0.896. The zero-order chi connectivity index (χ0) is 9.23. The third-order valence-corrected chi connectivity index (χ3v) is 1.87. The van der Waals surface area contributed by atoms with E-state index >= 15 is 0 Å².